The molecule has 2 amide bonds. The van der Waals surface area contributed by atoms with Gasteiger partial charge in [0.15, 0.2) is 0 Å². The van der Waals surface area contributed by atoms with Crippen LogP contribution in [0.3, 0.4) is 0 Å². The average molecular weight is 279 g/mol. The van der Waals surface area contributed by atoms with Gasteiger partial charge in [-0.15, -0.1) is 0 Å². The van der Waals surface area contributed by atoms with E-state index in [-0.39, 0.29) is 0 Å². The Kier molecular flexibility index (Phi) is 3.14. The molecule has 4 nitrogen and oxygen atoms in total. The molecule has 1 heterocycles. The van der Waals surface area contributed by atoms with Crippen molar-refractivity contribution < 1.29 is 4.79 Å². The van der Waals surface area contributed by atoms with E-state index in [1.807, 2.05) is 36.4 Å². The van der Waals surface area contributed by atoms with Gasteiger partial charge in [-0.25, -0.2) is 4.79 Å². The molecule has 0 unspecified atom stereocenters. The Hall–Kier alpha value is -2.75. The number of hydrogen-bond donors (Lipinski definition) is 2. The zero-order valence-corrected chi connectivity index (χ0v) is 11.8. The highest BCUT2D eigenvalue weighted by Gasteiger charge is 2.22. The van der Waals surface area contributed by atoms with Crippen molar-refractivity contribution in [3.63, 3.8) is 0 Å². The summed E-state index contributed by atoms with van der Waals surface area (Å²) in [5.41, 5.74) is 16.6. The molecule has 0 radical (unpaired) electrons. The van der Waals surface area contributed by atoms with Crippen LogP contribution in [0.2, 0.25) is 0 Å². The molecule has 21 heavy (non-hydrogen) atoms. The number of aryl methyl sites for hydroxylation is 1. The van der Waals surface area contributed by atoms with Gasteiger partial charge in [0, 0.05) is 5.69 Å². The Labute approximate surface area is 123 Å². The predicted molar refractivity (Wildman–Crippen MR) is 87.3 cm³/mol. The molecule has 106 valence electrons. The molecular formula is C17H17N3O. The lowest BCUT2D eigenvalue weighted by molar-refractivity contribution is 0.256. The normalized spacial score (nSPS) is 12.5. The third-order valence-corrected chi connectivity index (χ3v) is 3.70. The molecule has 0 atom stereocenters. The predicted octanol–water partition coefficient (Wildman–Crippen LogP) is 3.53. The minimum atomic E-state index is -0.514. The van der Waals surface area contributed by atoms with Crippen molar-refractivity contribution >= 4 is 35.2 Å². The highest BCUT2D eigenvalue weighted by atomic mass is 16.2. The van der Waals surface area contributed by atoms with E-state index in [2.05, 4.69) is 13.0 Å². The second-order valence-electron chi connectivity index (χ2n) is 5.07. The van der Waals surface area contributed by atoms with Crippen LogP contribution in [0, 0.1) is 0 Å². The molecule has 0 fully saturated rings. The number of rotatable bonds is 1. The first kappa shape index (κ1) is 13.2. The van der Waals surface area contributed by atoms with Crippen molar-refractivity contribution in [2.75, 3.05) is 10.6 Å². The highest BCUT2D eigenvalue weighted by Crippen LogP contribution is 2.37. The molecule has 1 aliphatic heterocycles. The number of carbonyl (C=O) groups excluding carboxylic acids is 1. The molecule has 0 aliphatic carbocycles. The third-order valence-electron chi connectivity index (χ3n) is 3.70. The Balaban J connectivity index is 2.29. The standard InChI is InChI=1S/C17H17N3O/c1-2-11-3-4-12-5-6-13-7-8-14(18)10-16(13)20(17(19)21)15(12)9-11/h3-10H,2,18H2,1H3,(H2,19,21). The molecule has 4 heteroatoms. The molecule has 3 rings (SSSR count). The van der Waals surface area contributed by atoms with E-state index >= 15 is 0 Å². The van der Waals surface area contributed by atoms with Crippen LogP contribution in [-0.4, -0.2) is 6.03 Å². The van der Waals surface area contributed by atoms with Crippen LogP contribution in [-0.2, 0) is 6.42 Å². The van der Waals surface area contributed by atoms with Crippen molar-refractivity contribution in [1.82, 2.24) is 0 Å². The fourth-order valence-corrected chi connectivity index (χ4v) is 2.59. The monoisotopic (exact) mass is 279 g/mol. The van der Waals surface area contributed by atoms with Crippen LogP contribution in [0.5, 0.6) is 0 Å². The second-order valence-corrected chi connectivity index (χ2v) is 5.07. The topological polar surface area (TPSA) is 72.3 Å². The summed E-state index contributed by atoms with van der Waals surface area (Å²) in [6.07, 6.45) is 4.86. The van der Waals surface area contributed by atoms with Gasteiger partial charge in [-0.3, -0.25) is 4.90 Å². The van der Waals surface area contributed by atoms with Gasteiger partial charge in [0.05, 0.1) is 11.4 Å². The number of carbonyl (C=O) groups is 1. The lowest BCUT2D eigenvalue weighted by Crippen LogP contribution is -2.32. The van der Waals surface area contributed by atoms with Gasteiger partial charge < -0.3 is 11.5 Å². The lowest BCUT2D eigenvalue weighted by atomic mass is 10.1. The summed E-state index contributed by atoms with van der Waals surface area (Å²) >= 11 is 0. The number of urea groups is 1. The van der Waals surface area contributed by atoms with Gasteiger partial charge in [-0.05, 0) is 41.3 Å². The zero-order valence-electron chi connectivity index (χ0n) is 11.8. The van der Waals surface area contributed by atoms with Gasteiger partial charge in [0.1, 0.15) is 0 Å². The maximum Gasteiger partial charge on any atom is 0.323 e. The van der Waals surface area contributed by atoms with Crippen molar-refractivity contribution in [3.8, 4) is 0 Å². The molecule has 0 aromatic heterocycles. The molecule has 1 aliphatic rings. The number of nitrogens with two attached hydrogens (primary N) is 2. The summed E-state index contributed by atoms with van der Waals surface area (Å²) in [7, 11) is 0. The quantitative estimate of drug-likeness (QED) is 0.784. The van der Waals surface area contributed by atoms with Crippen LogP contribution >= 0.6 is 0 Å². The highest BCUT2D eigenvalue weighted by molar-refractivity contribution is 6.05. The maximum atomic E-state index is 12.0. The van der Waals surface area contributed by atoms with E-state index in [0.29, 0.717) is 11.4 Å². The molecule has 0 bridgehead atoms. The minimum Gasteiger partial charge on any atom is -0.399 e. The number of anilines is 3. The first-order valence-corrected chi connectivity index (χ1v) is 6.90. The van der Waals surface area contributed by atoms with E-state index in [4.69, 9.17) is 11.5 Å². The van der Waals surface area contributed by atoms with E-state index in [1.165, 1.54) is 4.90 Å². The summed E-state index contributed by atoms with van der Waals surface area (Å²) in [6, 6.07) is 11.0. The number of primary amides is 1. The summed E-state index contributed by atoms with van der Waals surface area (Å²) in [5.74, 6) is 0. The summed E-state index contributed by atoms with van der Waals surface area (Å²) < 4.78 is 0. The Bertz CT molecular complexity index is 750. The number of nitrogen functional groups attached to an aromatic ring is 1. The van der Waals surface area contributed by atoms with Crippen LogP contribution in [0.1, 0.15) is 23.6 Å². The molecule has 0 saturated heterocycles. The second kappa shape index (κ2) is 4.98. The smallest absolute Gasteiger partial charge is 0.323 e. The molecular weight excluding hydrogens is 262 g/mol. The fraction of sp³-hybridized carbons (Fsp3) is 0.118. The maximum absolute atomic E-state index is 12.0. The van der Waals surface area contributed by atoms with Crippen LogP contribution < -0.4 is 16.4 Å². The van der Waals surface area contributed by atoms with Gasteiger partial charge in [0.25, 0.3) is 0 Å². The largest absolute Gasteiger partial charge is 0.399 e. The Morgan fingerprint density at radius 2 is 1.67 bits per heavy atom. The van der Waals surface area contributed by atoms with Crippen molar-refractivity contribution in [1.29, 1.82) is 0 Å². The number of benzene rings is 2. The van der Waals surface area contributed by atoms with E-state index in [9.17, 15) is 4.79 Å². The van der Waals surface area contributed by atoms with Crippen LogP contribution in [0.15, 0.2) is 36.4 Å². The van der Waals surface area contributed by atoms with E-state index in [1.54, 1.807) is 6.07 Å². The van der Waals surface area contributed by atoms with E-state index in [0.717, 1.165) is 28.8 Å². The Morgan fingerprint density at radius 3 is 2.29 bits per heavy atom. The van der Waals surface area contributed by atoms with Gasteiger partial charge in [-0.1, -0.05) is 37.3 Å². The summed E-state index contributed by atoms with van der Waals surface area (Å²) in [4.78, 5) is 13.6. The first-order valence-electron chi connectivity index (χ1n) is 6.90. The average Bonchev–Trinajstić information content (AvgIpc) is 2.62. The molecule has 0 spiro atoms. The molecule has 2 aromatic carbocycles. The van der Waals surface area contributed by atoms with Crippen LogP contribution in [0.4, 0.5) is 21.9 Å². The molecule has 2 aromatic rings. The number of fused-ring (bicyclic) bond motifs is 2. The SMILES string of the molecule is CCc1ccc2c(c1)N(C(N)=O)c1cc(N)ccc1C=C2. The van der Waals surface area contributed by atoms with Crippen molar-refractivity contribution in [2.45, 2.75) is 13.3 Å². The minimum absolute atomic E-state index is 0.514. The van der Waals surface area contributed by atoms with Crippen molar-refractivity contribution in [2.24, 2.45) is 5.73 Å². The van der Waals surface area contributed by atoms with Crippen molar-refractivity contribution in [3.05, 3.63) is 53.1 Å². The Morgan fingerprint density at radius 1 is 1.05 bits per heavy atom. The third kappa shape index (κ3) is 2.25. The van der Waals surface area contributed by atoms with Crippen LogP contribution in [0.25, 0.3) is 12.2 Å². The summed E-state index contributed by atoms with van der Waals surface area (Å²) in [5, 5.41) is 0. The lowest BCUT2D eigenvalue weighted by Gasteiger charge is -2.23. The number of nitrogens with zero attached hydrogens (tertiary/aromatic N) is 1. The molecule has 0 saturated carbocycles. The molecule has 4 N–H and O–H groups in total. The van der Waals surface area contributed by atoms with Gasteiger partial charge in [0.2, 0.25) is 0 Å². The first-order chi connectivity index (χ1) is 10.1. The van der Waals surface area contributed by atoms with Gasteiger partial charge >= 0.3 is 6.03 Å². The number of amides is 2. The van der Waals surface area contributed by atoms with Gasteiger partial charge in [-0.2, -0.15) is 0 Å². The van der Waals surface area contributed by atoms with E-state index < -0.39 is 6.03 Å². The zero-order chi connectivity index (χ0) is 15.0. The number of hydrogen-bond acceptors (Lipinski definition) is 2. The fourth-order valence-electron chi connectivity index (χ4n) is 2.59. The summed E-state index contributed by atoms with van der Waals surface area (Å²) in [6.45, 7) is 2.08.